The summed E-state index contributed by atoms with van der Waals surface area (Å²) in [5.74, 6) is -0.436. The highest BCUT2D eigenvalue weighted by Crippen LogP contribution is 2.41. The molecule has 0 aromatic carbocycles. The third kappa shape index (κ3) is 21.6. The smallest absolute Gasteiger partial charge is 0.308 e. The van der Waals surface area contributed by atoms with Gasteiger partial charge in [-0.2, -0.15) is 0 Å². The number of ether oxygens (including phenoxy) is 1. The van der Waals surface area contributed by atoms with Crippen LogP contribution in [-0.2, 0) is 23.1 Å². The first-order valence-electron chi connectivity index (χ1n) is 14.5. The number of likely N-dealkylation sites (N-methyl/N-ethyl adjacent to an activating group) is 1. The van der Waals surface area contributed by atoms with Crippen molar-refractivity contribution in [3.63, 3.8) is 0 Å². The Morgan fingerprint density at radius 1 is 0.892 bits per heavy atom. The first kappa shape index (κ1) is 34.0. The predicted octanol–water partition coefficient (Wildman–Crippen LogP) is 6.86. The minimum Gasteiger partial charge on any atom is -0.756 e. The number of carbonyl (C=O) groups is 1. The SMILES string of the molecule is CC1C/C=C/CC/C=C\CCCCCCCCCCCC[C@@H](OP(=O)([O-])OCC[N+](C)(C)C)CC(=O)O1. The summed E-state index contributed by atoms with van der Waals surface area (Å²) < 4.78 is 29.0. The van der Waals surface area contributed by atoms with Gasteiger partial charge in [-0.1, -0.05) is 82.1 Å². The van der Waals surface area contributed by atoms with Crippen LogP contribution in [0.2, 0.25) is 0 Å². The molecule has 0 saturated heterocycles. The van der Waals surface area contributed by atoms with E-state index in [9.17, 15) is 14.3 Å². The van der Waals surface area contributed by atoms with Crippen LogP contribution in [0.3, 0.4) is 0 Å². The highest BCUT2D eigenvalue weighted by molar-refractivity contribution is 7.45. The third-order valence-electron chi connectivity index (χ3n) is 6.46. The molecule has 0 amide bonds. The van der Waals surface area contributed by atoms with Crippen LogP contribution < -0.4 is 4.89 Å². The molecule has 0 bridgehead atoms. The molecule has 8 heteroatoms. The van der Waals surface area contributed by atoms with Crippen LogP contribution in [-0.4, -0.2) is 57.0 Å². The van der Waals surface area contributed by atoms with Crippen molar-refractivity contribution >= 4 is 13.8 Å². The number of phosphoric ester groups is 1. The molecule has 1 aliphatic heterocycles. The number of cyclic esters (lactones) is 1. The number of nitrogens with zero attached hydrogens (tertiary/aromatic N) is 1. The molecule has 216 valence electrons. The van der Waals surface area contributed by atoms with E-state index < -0.39 is 19.9 Å². The van der Waals surface area contributed by atoms with E-state index in [0.717, 1.165) is 32.1 Å². The Labute approximate surface area is 226 Å². The van der Waals surface area contributed by atoms with E-state index in [1.807, 2.05) is 34.1 Å². The number of allylic oxidation sites excluding steroid dienone is 3. The first-order valence-corrected chi connectivity index (χ1v) is 16.0. The number of esters is 1. The second-order valence-electron chi connectivity index (χ2n) is 11.4. The minimum atomic E-state index is -4.51. The van der Waals surface area contributed by atoms with E-state index in [1.54, 1.807) is 0 Å². The normalized spacial score (nSPS) is 26.8. The Morgan fingerprint density at radius 3 is 2.05 bits per heavy atom. The summed E-state index contributed by atoms with van der Waals surface area (Å²) in [6, 6.07) is 0. The number of carbonyl (C=O) groups excluding carboxylic acids is 1. The lowest BCUT2D eigenvalue weighted by atomic mass is 10.0. The topological polar surface area (TPSA) is 84.9 Å². The maximum atomic E-state index is 12.6. The number of hydrogen-bond donors (Lipinski definition) is 0. The summed E-state index contributed by atoms with van der Waals surface area (Å²) in [7, 11) is 1.37. The average molecular weight is 544 g/mol. The molecule has 3 atom stereocenters. The summed E-state index contributed by atoms with van der Waals surface area (Å²) >= 11 is 0. The van der Waals surface area contributed by atoms with Gasteiger partial charge in [0, 0.05) is 6.42 Å². The Balaban J connectivity index is 2.65. The van der Waals surface area contributed by atoms with Crippen LogP contribution in [0.4, 0.5) is 0 Å². The molecule has 0 N–H and O–H groups in total. The summed E-state index contributed by atoms with van der Waals surface area (Å²) in [4.78, 5) is 25.0. The number of hydrogen-bond acceptors (Lipinski definition) is 6. The highest BCUT2D eigenvalue weighted by atomic mass is 31.2. The van der Waals surface area contributed by atoms with Gasteiger partial charge in [0.15, 0.2) is 0 Å². The van der Waals surface area contributed by atoms with Crippen molar-refractivity contribution in [1.82, 2.24) is 0 Å². The zero-order valence-electron chi connectivity index (χ0n) is 24.0. The largest absolute Gasteiger partial charge is 0.756 e. The average Bonchev–Trinajstić information content (AvgIpc) is 2.78. The van der Waals surface area contributed by atoms with Crippen molar-refractivity contribution in [3.05, 3.63) is 24.3 Å². The minimum absolute atomic E-state index is 0.0423. The van der Waals surface area contributed by atoms with Crippen molar-refractivity contribution in [3.8, 4) is 0 Å². The molecule has 0 fully saturated rings. The van der Waals surface area contributed by atoms with Gasteiger partial charge in [-0.3, -0.25) is 9.36 Å². The lowest BCUT2D eigenvalue weighted by molar-refractivity contribution is -0.870. The van der Waals surface area contributed by atoms with Crippen LogP contribution in [0.25, 0.3) is 0 Å². The second kappa shape index (κ2) is 20.0. The fourth-order valence-corrected chi connectivity index (χ4v) is 5.13. The fourth-order valence-electron chi connectivity index (χ4n) is 4.22. The molecular formula is C29H54NO6P. The Morgan fingerprint density at radius 2 is 1.43 bits per heavy atom. The quantitative estimate of drug-likeness (QED) is 0.157. The maximum Gasteiger partial charge on any atom is 0.308 e. The zero-order valence-corrected chi connectivity index (χ0v) is 24.9. The summed E-state index contributed by atoms with van der Waals surface area (Å²) in [5.41, 5.74) is 0. The first-order chi connectivity index (χ1) is 17.6. The molecule has 1 heterocycles. The Kier molecular flexibility index (Phi) is 18.4. The van der Waals surface area contributed by atoms with Gasteiger partial charge in [-0.15, -0.1) is 0 Å². The van der Waals surface area contributed by atoms with Gasteiger partial charge in [0.25, 0.3) is 7.82 Å². The molecule has 0 aliphatic carbocycles. The van der Waals surface area contributed by atoms with E-state index >= 15 is 0 Å². The Bertz CT molecular complexity index is 703. The summed E-state index contributed by atoms with van der Waals surface area (Å²) in [6.07, 6.45) is 23.7. The van der Waals surface area contributed by atoms with Gasteiger partial charge in [0.05, 0.1) is 33.7 Å². The van der Waals surface area contributed by atoms with E-state index in [1.165, 1.54) is 51.4 Å². The molecule has 0 aromatic rings. The van der Waals surface area contributed by atoms with Crippen molar-refractivity contribution in [1.29, 1.82) is 0 Å². The van der Waals surface area contributed by atoms with Gasteiger partial charge in [0.2, 0.25) is 0 Å². The third-order valence-corrected chi connectivity index (χ3v) is 7.52. The highest BCUT2D eigenvalue weighted by Gasteiger charge is 2.23. The van der Waals surface area contributed by atoms with Gasteiger partial charge in [0.1, 0.15) is 19.3 Å². The fraction of sp³-hybridized carbons (Fsp3) is 0.828. The van der Waals surface area contributed by atoms with Crippen LogP contribution in [0.5, 0.6) is 0 Å². The molecule has 0 spiro atoms. The van der Waals surface area contributed by atoms with Crippen LogP contribution in [0.1, 0.15) is 110 Å². The summed E-state index contributed by atoms with van der Waals surface area (Å²) in [5, 5.41) is 0. The van der Waals surface area contributed by atoms with Crippen LogP contribution in [0, 0.1) is 0 Å². The second-order valence-corrected chi connectivity index (χ2v) is 12.8. The number of phosphoric acid groups is 1. The van der Waals surface area contributed by atoms with E-state index in [2.05, 4.69) is 18.2 Å². The van der Waals surface area contributed by atoms with Gasteiger partial charge in [-0.05, 0) is 39.0 Å². The van der Waals surface area contributed by atoms with E-state index in [4.69, 9.17) is 13.8 Å². The zero-order chi connectivity index (χ0) is 27.4. The van der Waals surface area contributed by atoms with Gasteiger partial charge >= 0.3 is 5.97 Å². The standard InChI is InChI=1S/C29H54NO6P/c1-27-22-20-18-16-14-12-10-8-6-5-7-9-11-13-15-17-19-21-23-28(26-29(31)35-27)36-37(32,33)34-25-24-30(2,3)4/h10,12,18,20,27-28H,5-9,11,13-17,19,21-26H2,1-4H3/b12-10-,20-18+/t27?,28-/m1/s1. The van der Waals surface area contributed by atoms with Crippen LogP contribution >= 0.6 is 7.82 Å². The van der Waals surface area contributed by atoms with Crippen molar-refractivity contribution in [2.24, 2.45) is 0 Å². The molecule has 1 rings (SSSR count). The monoisotopic (exact) mass is 543 g/mol. The molecule has 0 aromatic heterocycles. The lowest BCUT2D eigenvalue weighted by Gasteiger charge is -2.30. The van der Waals surface area contributed by atoms with Crippen molar-refractivity contribution < 1.29 is 32.5 Å². The molecular weight excluding hydrogens is 489 g/mol. The van der Waals surface area contributed by atoms with Gasteiger partial charge < -0.3 is 23.2 Å². The maximum absolute atomic E-state index is 12.6. The van der Waals surface area contributed by atoms with Crippen molar-refractivity contribution in [2.75, 3.05) is 34.3 Å². The molecule has 2 unspecified atom stereocenters. The Hall–Kier alpha value is -0.980. The van der Waals surface area contributed by atoms with Crippen LogP contribution in [0.15, 0.2) is 24.3 Å². The number of rotatable bonds is 6. The van der Waals surface area contributed by atoms with E-state index in [-0.39, 0.29) is 19.1 Å². The van der Waals surface area contributed by atoms with E-state index in [0.29, 0.717) is 23.9 Å². The molecule has 37 heavy (non-hydrogen) atoms. The molecule has 0 radical (unpaired) electrons. The van der Waals surface area contributed by atoms with Gasteiger partial charge in [-0.25, -0.2) is 0 Å². The summed E-state index contributed by atoms with van der Waals surface area (Å²) in [6.45, 7) is 2.43. The number of quaternary nitrogens is 1. The van der Waals surface area contributed by atoms with Crippen molar-refractivity contribution in [2.45, 2.75) is 122 Å². The molecule has 7 nitrogen and oxygen atoms in total. The predicted molar refractivity (Wildman–Crippen MR) is 149 cm³/mol. The lowest BCUT2D eigenvalue weighted by Crippen LogP contribution is -2.37. The molecule has 1 aliphatic rings. The molecule has 0 saturated carbocycles.